The molecule has 1 heterocycles. The first kappa shape index (κ1) is 13.6. The van der Waals surface area contributed by atoms with Gasteiger partial charge in [0.15, 0.2) is 0 Å². The second-order valence-electron chi connectivity index (χ2n) is 3.74. The maximum atomic E-state index is 13.0. The Hall–Kier alpha value is -1.47. The molecule has 1 unspecified atom stereocenters. The Morgan fingerprint density at radius 3 is 2.35 bits per heavy atom. The van der Waals surface area contributed by atoms with Crippen molar-refractivity contribution in [2.24, 2.45) is 0 Å². The van der Waals surface area contributed by atoms with Crippen LogP contribution in [-0.4, -0.2) is 47.4 Å². The molecule has 0 aliphatic carbocycles. The highest BCUT2D eigenvalue weighted by atomic mass is 19.4. The van der Waals surface area contributed by atoms with Crippen LogP contribution in [0.15, 0.2) is 0 Å². The molecule has 0 radical (unpaired) electrons. The predicted octanol–water partition coefficient (Wildman–Crippen LogP) is 1.62. The van der Waals surface area contributed by atoms with Crippen LogP contribution in [0.25, 0.3) is 0 Å². The zero-order valence-corrected chi connectivity index (χ0v) is 9.08. The molecule has 0 bridgehead atoms. The number of aliphatic carboxylic acids is 1. The van der Waals surface area contributed by atoms with E-state index in [9.17, 15) is 22.8 Å². The van der Waals surface area contributed by atoms with E-state index in [1.807, 2.05) is 0 Å². The van der Waals surface area contributed by atoms with Crippen molar-refractivity contribution >= 4 is 12.1 Å². The van der Waals surface area contributed by atoms with Crippen LogP contribution in [0.5, 0.6) is 0 Å². The number of carboxylic acids is 1. The number of hydrogen-bond acceptors (Lipinski definition) is 3. The van der Waals surface area contributed by atoms with Crippen LogP contribution in [0.2, 0.25) is 0 Å². The van der Waals surface area contributed by atoms with Gasteiger partial charge in [-0.25, -0.2) is 9.59 Å². The molecule has 0 aromatic rings. The lowest BCUT2D eigenvalue weighted by molar-refractivity contribution is -0.239. The number of carboxylic acid groups (broad SMARTS) is 1. The van der Waals surface area contributed by atoms with Gasteiger partial charge in [0.1, 0.15) is 0 Å². The first-order valence-electron chi connectivity index (χ1n) is 4.93. The van der Waals surface area contributed by atoms with Gasteiger partial charge in [0.2, 0.25) is 5.54 Å². The fourth-order valence-electron chi connectivity index (χ4n) is 1.97. The zero-order valence-electron chi connectivity index (χ0n) is 9.08. The zero-order chi connectivity index (χ0) is 13.3. The van der Waals surface area contributed by atoms with Gasteiger partial charge in [0.05, 0.1) is 7.11 Å². The Labute approximate surface area is 95.1 Å². The van der Waals surface area contributed by atoms with E-state index in [-0.39, 0.29) is 17.9 Å². The van der Waals surface area contributed by atoms with Gasteiger partial charge in [0, 0.05) is 6.54 Å². The minimum Gasteiger partial charge on any atom is -0.479 e. The van der Waals surface area contributed by atoms with Crippen LogP contribution in [0.4, 0.5) is 18.0 Å². The maximum absolute atomic E-state index is 13.0. The largest absolute Gasteiger partial charge is 0.479 e. The summed E-state index contributed by atoms with van der Waals surface area (Å²) in [6, 6.07) is 0. The maximum Gasteiger partial charge on any atom is 0.422 e. The topological polar surface area (TPSA) is 66.8 Å². The molecule has 1 aliphatic rings. The standard InChI is InChI=1S/C9H12F3NO4/c1-17-7(16)13-5-3-2-4-8(13,6(14)15)9(10,11)12/h2-5H2,1H3,(H,14,15). The van der Waals surface area contributed by atoms with Crippen LogP contribution >= 0.6 is 0 Å². The fourth-order valence-corrected chi connectivity index (χ4v) is 1.97. The number of hydrogen-bond donors (Lipinski definition) is 1. The first-order chi connectivity index (χ1) is 7.77. The van der Waals surface area contributed by atoms with Crippen LogP contribution in [0, 0.1) is 0 Å². The first-order valence-corrected chi connectivity index (χ1v) is 4.93. The molecule has 17 heavy (non-hydrogen) atoms. The van der Waals surface area contributed by atoms with E-state index in [1.54, 1.807) is 0 Å². The molecule has 1 saturated heterocycles. The second-order valence-corrected chi connectivity index (χ2v) is 3.74. The molecule has 0 spiro atoms. The van der Waals surface area contributed by atoms with Crippen molar-refractivity contribution in [2.45, 2.75) is 31.0 Å². The monoisotopic (exact) mass is 255 g/mol. The predicted molar refractivity (Wildman–Crippen MR) is 49.4 cm³/mol. The molecule has 1 N–H and O–H groups in total. The molecule has 0 aromatic carbocycles. The highest BCUT2D eigenvalue weighted by Crippen LogP contribution is 2.42. The van der Waals surface area contributed by atoms with Crippen LogP contribution in [0.1, 0.15) is 19.3 Å². The molecule has 1 amide bonds. The Morgan fingerprint density at radius 1 is 1.35 bits per heavy atom. The fraction of sp³-hybridized carbons (Fsp3) is 0.778. The number of methoxy groups -OCH3 is 1. The number of nitrogens with zero attached hydrogens (tertiary/aromatic N) is 1. The minimum atomic E-state index is -5.03. The number of amides is 1. The van der Waals surface area contributed by atoms with Gasteiger partial charge in [-0.05, 0) is 19.3 Å². The Morgan fingerprint density at radius 2 is 1.94 bits per heavy atom. The molecule has 1 fully saturated rings. The van der Waals surface area contributed by atoms with Crippen molar-refractivity contribution in [3.8, 4) is 0 Å². The smallest absolute Gasteiger partial charge is 0.422 e. The summed E-state index contributed by atoms with van der Waals surface area (Å²) in [5.41, 5.74) is -3.17. The highest BCUT2D eigenvalue weighted by molar-refractivity contribution is 5.85. The highest BCUT2D eigenvalue weighted by Gasteiger charge is 2.66. The lowest BCUT2D eigenvalue weighted by Gasteiger charge is -2.43. The number of carbonyl (C=O) groups excluding carboxylic acids is 1. The molecule has 98 valence electrons. The van der Waals surface area contributed by atoms with Crippen molar-refractivity contribution in [3.63, 3.8) is 0 Å². The van der Waals surface area contributed by atoms with Crippen LogP contribution < -0.4 is 0 Å². The van der Waals surface area contributed by atoms with E-state index >= 15 is 0 Å². The third-order valence-electron chi connectivity index (χ3n) is 2.85. The lowest BCUT2D eigenvalue weighted by atomic mass is 9.86. The second kappa shape index (κ2) is 4.42. The number of carbonyl (C=O) groups is 2. The van der Waals surface area contributed by atoms with Crippen molar-refractivity contribution in [1.29, 1.82) is 0 Å². The molecule has 5 nitrogen and oxygen atoms in total. The molecule has 0 aromatic heterocycles. The van der Waals surface area contributed by atoms with E-state index in [1.165, 1.54) is 0 Å². The summed E-state index contributed by atoms with van der Waals surface area (Å²) in [6.45, 7) is -0.279. The number of likely N-dealkylation sites (tertiary alicyclic amines) is 1. The number of rotatable bonds is 1. The van der Waals surface area contributed by atoms with Gasteiger partial charge in [0.25, 0.3) is 0 Å². The van der Waals surface area contributed by atoms with Crippen LogP contribution in [-0.2, 0) is 9.53 Å². The van der Waals surface area contributed by atoms with Gasteiger partial charge in [-0.3, -0.25) is 4.90 Å². The number of halogens is 3. The van der Waals surface area contributed by atoms with Crippen LogP contribution in [0.3, 0.4) is 0 Å². The molecule has 8 heteroatoms. The van der Waals surface area contributed by atoms with Crippen molar-refractivity contribution in [2.75, 3.05) is 13.7 Å². The quantitative estimate of drug-likeness (QED) is 0.773. The van der Waals surface area contributed by atoms with E-state index in [0.717, 1.165) is 7.11 Å². The SMILES string of the molecule is COC(=O)N1CCCCC1(C(=O)O)C(F)(F)F. The van der Waals surface area contributed by atoms with Gasteiger partial charge in [-0.2, -0.15) is 13.2 Å². The van der Waals surface area contributed by atoms with E-state index < -0.39 is 30.2 Å². The lowest BCUT2D eigenvalue weighted by Crippen LogP contribution is -2.67. The summed E-state index contributed by atoms with van der Waals surface area (Å²) in [4.78, 5) is 22.5. The minimum absolute atomic E-state index is 0.0965. The molecular weight excluding hydrogens is 243 g/mol. The van der Waals surface area contributed by atoms with E-state index in [2.05, 4.69) is 4.74 Å². The molecule has 1 rings (SSSR count). The third kappa shape index (κ3) is 2.03. The van der Waals surface area contributed by atoms with Crippen molar-refractivity contribution < 1.29 is 32.6 Å². The van der Waals surface area contributed by atoms with Gasteiger partial charge in [-0.15, -0.1) is 0 Å². The Bertz CT molecular complexity index is 331. The number of piperidine rings is 1. The summed E-state index contributed by atoms with van der Waals surface area (Å²) in [6.07, 6.45) is -6.54. The van der Waals surface area contributed by atoms with Crippen molar-refractivity contribution in [1.82, 2.24) is 4.90 Å². The summed E-state index contributed by atoms with van der Waals surface area (Å²) in [5.74, 6) is -2.07. The Kier molecular flexibility index (Phi) is 3.53. The third-order valence-corrected chi connectivity index (χ3v) is 2.85. The van der Waals surface area contributed by atoms with Gasteiger partial charge in [-0.1, -0.05) is 0 Å². The Balaban J connectivity index is 3.24. The molecule has 1 atom stereocenters. The summed E-state index contributed by atoms with van der Waals surface area (Å²) in [7, 11) is 0.917. The average molecular weight is 255 g/mol. The number of alkyl halides is 3. The molecule has 0 saturated carbocycles. The summed E-state index contributed by atoms with van der Waals surface area (Å²) < 4.78 is 43.1. The average Bonchev–Trinajstić information content (AvgIpc) is 2.26. The number of ether oxygens (including phenoxy) is 1. The van der Waals surface area contributed by atoms with Gasteiger partial charge >= 0.3 is 18.2 Å². The van der Waals surface area contributed by atoms with E-state index in [0.29, 0.717) is 6.42 Å². The normalized spacial score (nSPS) is 25.5. The molecule has 1 aliphatic heterocycles. The summed E-state index contributed by atoms with van der Waals surface area (Å²) >= 11 is 0. The summed E-state index contributed by atoms with van der Waals surface area (Å²) in [5, 5.41) is 8.87. The van der Waals surface area contributed by atoms with Gasteiger partial charge < -0.3 is 9.84 Å². The van der Waals surface area contributed by atoms with E-state index in [4.69, 9.17) is 5.11 Å². The van der Waals surface area contributed by atoms with Crippen molar-refractivity contribution in [3.05, 3.63) is 0 Å². The molecular formula is C9H12F3NO4.